The summed E-state index contributed by atoms with van der Waals surface area (Å²) < 4.78 is 24.3. The summed E-state index contributed by atoms with van der Waals surface area (Å²) in [5.74, 6) is -1.88. The first-order valence-corrected chi connectivity index (χ1v) is 10.3. The Bertz CT molecular complexity index is 1150. The van der Waals surface area contributed by atoms with Crippen molar-refractivity contribution in [2.75, 3.05) is 11.9 Å². The van der Waals surface area contributed by atoms with Crippen molar-refractivity contribution in [2.45, 2.75) is 6.54 Å². The van der Waals surface area contributed by atoms with E-state index in [0.29, 0.717) is 21.5 Å². The molecule has 3 aromatic rings. The first-order chi connectivity index (χ1) is 15.9. The standard InChI is InChI=1S/C22H18BrFN4O5/c23-15-3-8-19(33-13-20(29)25-12-18-2-1-9-32-18)14(10-15)11-26-28-22(31)21(30)27-17-6-4-16(24)5-7-17/h1-11H,12-13H2,(H,25,29)(H,27,30)(H,28,31)/b26-11-. The molecule has 3 rings (SSSR count). The van der Waals surface area contributed by atoms with Gasteiger partial charge >= 0.3 is 11.8 Å². The number of hydrazone groups is 1. The number of halogens is 2. The number of anilines is 1. The average molecular weight is 517 g/mol. The number of amides is 3. The highest BCUT2D eigenvalue weighted by Gasteiger charge is 2.13. The smallest absolute Gasteiger partial charge is 0.329 e. The Kier molecular flexibility index (Phi) is 8.30. The van der Waals surface area contributed by atoms with E-state index in [1.165, 1.54) is 24.6 Å². The molecule has 11 heteroatoms. The van der Waals surface area contributed by atoms with Crippen LogP contribution in [-0.2, 0) is 20.9 Å². The Morgan fingerprint density at radius 2 is 1.88 bits per heavy atom. The minimum absolute atomic E-state index is 0.232. The lowest BCUT2D eigenvalue weighted by molar-refractivity contribution is -0.136. The Morgan fingerprint density at radius 3 is 2.61 bits per heavy atom. The highest BCUT2D eigenvalue weighted by Crippen LogP contribution is 2.21. The molecular formula is C22H18BrFN4O5. The van der Waals surface area contributed by atoms with E-state index in [1.54, 1.807) is 30.3 Å². The summed E-state index contributed by atoms with van der Waals surface area (Å²) in [5, 5.41) is 8.73. The number of nitrogens with zero attached hydrogens (tertiary/aromatic N) is 1. The fraction of sp³-hybridized carbons (Fsp3) is 0.0909. The molecule has 0 atom stereocenters. The van der Waals surface area contributed by atoms with Crippen molar-refractivity contribution >= 4 is 45.6 Å². The molecule has 0 aliphatic rings. The van der Waals surface area contributed by atoms with Crippen LogP contribution in [0.1, 0.15) is 11.3 Å². The summed E-state index contributed by atoms with van der Waals surface area (Å²) in [7, 11) is 0. The highest BCUT2D eigenvalue weighted by atomic mass is 79.9. The minimum Gasteiger partial charge on any atom is -0.483 e. The maximum atomic E-state index is 12.9. The Balaban J connectivity index is 1.53. The number of furan rings is 1. The van der Waals surface area contributed by atoms with E-state index in [2.05, 4.69) is 37.1 Å². The average Bonchev–Trinajstić information content (AvgIpc) is 3.32. The van der Waals surface area contributed by atoms with Crippen LogP contribution in [-0.4, -0.2) is 30.5 Å². The van der Waals surface area contributed by atoms with Gasteiger partial charge in [0.1, 0.15) is 17.3 Å². The van der Waals surface area contributed by atoms with Gasteiger partial charge in [-0.3, -0.25) is 14.4 Å². The molecular weight excluding hydrogens is 499 g/mol. The zero-order valence-electron chi connectivity index (χ0n) is 17.0. The molecule has 0 bridgehead atoms. The maximum Gasteiger partial charge on any atom is 0.329 e. The second-order valence-corrected chi connectivity index (χ2v) is 7.40. The Labute approximate surface area is 196 Å². The van der Waals surface area contributed by atoms with E-state index in [9.17, 15) is 18.8 Å². The van der Waals surface area contributed by atoms with Crippen molar-refractivity contribution in [3.05, 3.63) is 82.5 Å². The second kappa shape index (κ2) is 11.6. The molecule has 0 fully saturated rings. The van der Waals surface area contributed by atoms with Gasteiger partial charge in [-0.1, -0.05) is 15.9 Å². The molecule has 0 aliphatic heterocycles. The van der Waals surface area contributed by atoms with Crippen molar-refractivity contribution in [1.82, 2.24) is 10.7 Å². The second-order valence-electron chi connectivity index (χ2n) is 6.49. The number of hydrogen-bond acceptors (Lipinski definition) is 6. The number of hydrogen-bond donors (Lipinski definition) is 3. The predicted octanol–water partition coefficient (Wildman–Crippen LogP) is 2.97. The van der Waals surface area contributed by atoms with Crippen LogP contribution in [0.2, 0.25) is 0 Å². The lowest BCUT2D eigenvalue weighted by Crippen LogP contribution is -2.32. The fourth-order valence-corrected chi connectivity index (χ4v) is 2.86. The number of benzene rings is 2. The van der Waals surface area contributed by atoms with Gasteiger partial charge in [-0.05, 0) is 54.6 Å². The van der Waals surface area contributed by atoms with Crippen LogP contribution in [0.25, 0.3) is 0 Å². The van der Waals surface area contributed by atoms with Crippen molar-refractivity contribution in [3.8, 4) is 5.75 Å². The number of nitrogens with one attached hydrogen (secondary N) is 3. The van der Waals surface area contributed by atoms with Crippen molar-refractivity contribution in [3.63, 3.8) is 0 Å². The van der Waals surface area contributed by atoms with Crippen LogP contribution in [0.5, 0.6) is 5.75 Å². The molecule has 0 saturated carbocycles. The molecule has 3 N–H and O–H groups in total. The Hall–Kier alpha value is -3.99. The first-order valence-electron chi connectivity index (χ1n) is 9.52. The fourth-order valence-electron chi connectivity index (χ4n) is 2.48. The molecule has 170 valence electrons. The van der Waals surface area contributed by atoms with E-state index in [1.807, 2.05) is 0 Å². The number of carbonyl (C=O) groups excluding carboxylic acids is 3. The highest BCUT2D eigenvalue weighted by molar-refractivity contribution is 9.10. The number of carbonyl (C=O) groups is 3. The summed E-state index contributed by atoms with van der Waals surface area (Å²) in [6, 6.07) is 13.4. The molecule has 33 heavy (non-hydrogen) atoms. The van der Waals surface area contributed by atoms with Gasteiger partial charge in [-0.2, -0.15) is 5.10 Å². The van der Waals surface area contributed by atoms with Crippen molar-refractivity contribution in [2.24, 2.45) is 5.10 Å². The minimum atomic E-state index is -1.02. The van der Waals surface area contributed by atoms with E-state index in [-0.39, 0.29) is 24.7 Å². The van der Waals surface area contributed by atoms with Gasteiger partial charge in [0.05, 0.1) is 19.0 Å². The van der Waals surface area contributed by atoms with E-state index >= 15 is 0 Å². The summed E-state index contributed by atoms with van der Waals surface area (Å²) >= 11 is 3.32. The topological polar surface area (TPSA) is 122 Å². The SMILES string of the molecule is O=C(COc1ccc(Br)cc1/C=N\NC(=O)C(=O)Nc1ccc(F)cc1)NCc1ccco1. The van der Waals surface area contributed by atoms with Gasteiger partial charge in [-0.15, -0.1) is 0 Å². The first kappa shape index (κ1) is 23.7. The van der Waals surface area contributed by atoms with Crippen LogP contribution in [0.15, 0.2) is 74.9 Å². The third kappa shape index (κ3) is 7.58. The lowest BCUT2D eigenvalue weighted by atomic mass is 10.2. The molecule has 2 aromatic carbocycles. The van der Waals surface area contributed by atoms with Gasteiger partial charge in [0, 0.05) is 15.7 Å². The quantitative estimate of drug-likeness (QED) is 0.241. The van der Waals surface area contributed by atoms with E-state index in [4.69, 9.17) is 9.15 Å². The van der Waals surface area contributed by atoms with Gasteiger partial charge in [0.2, 0.25) is 0 Å². The zero-order chi connectivity index (χ0) is 23.6. The van der Waals surface area contributed by atoms with Crippen LogP contribution in [0, 0.1) is 5.82 Å². The van der Waals surface area contributed by atoms with Crippen molar-refractivity contribution in [1.29, 1.82) is 0 Å². The molecule has 0 unspecified atom stereocenters. The summed E-state index contributed by atoms with van der Waals surface area (Å²) in [5.41, 5.74) is 2.80. The zero-order valence-corrected chi connectivity index (χ0v) is 18.6. The molecule has 3 amide bonds. The molecule has 1 heterocycles. The van der Waals surface area contributed by atoms with Crippen molar-refractivity contribution < 1.29 is 27.9 Å². The molecule has 1 aromatic heterocycles. The lowest BCUT2D eigenvalue weighted by Gasteiger charge is -2.09. The molecule has 0 spiro atoms. The van der Waals surface area contributed by atoms with Crippen LogP contribution in [0.3, 0.4) is 0 Å². The van der Waals surface area contributed by atoms with Gasteiger partial charge in [0.25, 0.3) is 5.91 Å². The normalized spacial score (nSPS) is 10.6. The molecule has 0 radical (unpaired) electrons. The summed E-state index contributed by atoms with van der Waals surface area (Å²) in [6.45, 7) is -0.0223. The Morgan fingerprint density at radius 1 is 1.09 bits per heavy atom. The third-order valence-electron chi connectivity index (χ3n) is 4.05. The van der Waals surface area contributed by atoms with Crippen LogP contribution < -0.4 is 20.8 Å². The molecule has 0 aliphatic carbocycles. The summed E-state index contributed by atoms with van der Waals surface area (Å²) in [4.78, 5) is 35.8. The number of ether oxygens (including phenoxy) is 1. The van der Waals surface area contributed by atoms with E-state index < -0.39 is 17.6 Å². The molecule has 9 nitrogen and oxygen atoms in total. The van der Waals surface area contributed by atoms with Gasteiger partial charge < -0.3 is 19.8 Å². The van der Waals surface area contributed by atoms with Gasteiger partial charge in [-0.25, -0.2) is 9.82 Å². The van der Waals surface area contributed by atoms with Gasteiger partial charge in [0.15, 0.2) is 6.61 Å². The largest absolute Gasteiger partial charge is 0.483 e. The van der Waals surface area contributed by atoms with Crippen LogP contribution >= 0.6 is 15.9 Å². The maximum absolute atomic E-state index is 12.9. The van der Waals surface area contributed by atoms with E-state index in [0.717, 1.165) is 12.1 Å². The monoisotopic (exact) mass is 516 g/mol. The summed E-state index contributed by atoms with van der Waals surface area (Å²) in [6.07, 6.45) is 2.78. The molecule has 0 saturated heterocycles. The van der Waals surface area contributed by atoms with Crippen LogP contribution in [0.4, 0.5) is 10.1 Å². The number of rotatable bonds is 8. The predicted molar refractivity (Wildman–Crippen MR) is 121 cm³/mol. The third-order valence-corrected chi connectivity index (χ3v) is 4.54.